The van der Waals surface area contributed by atoms with Crippen LogP contribution in [0.1, 0.15) is 27.7 Å². The van der Waals surface area contributed by atoms with Gasteiger partial charge in [-0.1, -0.05) is 13.8 Å². The molecule has 15 heavy (non-hydrogen) atoms. The molecule has 0 atom stereocenters. The lowest BCUT2D eigenvalue weighted by atomic mass is 9.97. The smallest absolute Gasteiger partial charge is 0.312 e. The Morgan fingerprint density at radius 2 is 1.80 bits per heavy atom. The zero-order chi connectivity index (χ0) is 12.3. The standard InChI is InChI=1S/C10H20O4S/c1-8(2)6-15(12,13)7-10(3,4)9(11)14-5/h8H,6-7H2,1-5H3. The minimum absolute atomic E-state index is 0.0726. The third-order valence-electron chi connectivity index (χ3n) is 1.91. The van der Waals surface area contributed by atoms with Crippen molar-refractivity contribution in [3.8, 4) is 0 Å². The molecule has 0 spiro atoms. The molecule has 0 aromatic carbocycles. The summed E-state index contributed by atoms with van der Waals surface area (Å²) in [5, 5.41) is 0. The molecule has 90 valence electrons. The summed E-state index contributed by atoms with van der Waals surface area (Å²) >= 11 is 0. The Bertz CT molecular complexity index is 314. The number of sulfone groups is 1. The van der Waals surface area contributed by atoms with Gasteiger partial charge in [0.05, 0.1) is 24.0 Å². The van der Waals surface area contributed by atoms with Crippen LogP contribution >= 0.6 is 0 Å². The quantitative estimate of drug-likeness (QED) is 0.674. The number of hydrogen-bond donors (Lipinski definition) is 0. The molecule has 0 radical (unpaired) electrons. The molecule has 5 heteroatoms. The van der Waals surface area contributed by atoms with E-state index >= 15 is 0 Å². The minimum Gasteiger partial charge on any atom is -0.469 e. The summed E-state index contributed by atoms with van der Waals surface area (Å²) in [7, 11) is -1.93. The monoisotopic (exact) mass is 236 g/mol. The maximum atomic E-state index is 11.7. The molecular formula is C10H20O4S. The molecule has 0 aliphatic carbocycles. The molecular weight excluding hydrogens is 216 g/mol. The normalized spacial score (nSPS) is 12.9. The fourth-order valence-corrected chi connectivity index (χ4v) is 3.80. The van der Waals surface area contributed by atoms with Crippen LogP contribution in [-0.2, 0) is 19.4 Å². The molecule has 0 rings (SSSR count). The molecule has 0 aromatic heterocycles. The molecule has 0 saturated carbocycles. The number of rotatable bonds is 5. The zero-order valence-electron chi connectivity index (χ0n) is 10.0. The lowest BCUT2D eigenvalue weighted by Crippen LogP contribution is -2.35. The predicted octanol–water partition coefficient (Wildman–Crippen LogP) is 1.26. The van der Waals surface area contributed by atoms with Crippen molar-refractivity contribution in [2.24, 2.45) is 11.3 Å². The van der Waals surface area contributed by atoms with Gasteiger partial charge in [0, 0.05) is 0 Å². The maximum absolute atomic E-state index is 11.7. The second kappa shape index (κ2) is 4.96. The Morgan fingerprint density at radius 1 is 1.33 bits per heavy atom. The highest BCUT2D eigenvalue weighted by atomic mass is 32.2. The van der Waals surface area contributed by atoms with Gasteiger partial charge in [0.25, 0.3) is 0 Å². The van der Waals surface area contributed by atoms with E-state index in [0.29, 0.717) is 0 Å². The number of esters is 1. The van der Waals surface area contributed by atoms with E-state index in [9.17, 15) is 13.2 Å². The van der Waals surface area contributed by atoms with Gasteiger partial charge in [0.15, 0.2) is 9.84 Å². The molecule has 4 nitrogen and oxygen atoms in total. The van der Waals surface area contributed by atoms with Crippen LogP contribution in [-0.4, -0.2) is 33.0 Å². The summed E-state index contributed by atoms with van der Waals surface area (Å²) in [5.41, 5.74) is -0.970. The molecule has 0 fully saturated rings. The highest BCUT2D eigenvalue weighted by Gasteiger charge is 2.34. The summed E-state index contributed by atoms with van der Waals surface area (Å²) in [5.74, 6) is -0.476. The largest absolute Gasteiger partial charge is 0.469 e. The van der Waals surface area contributed by atoms with Crippen molar-refractivity contribution in [2.45, 2.75) is 27.7 Å². The summed E-state index contributed by atoms with van der Waals surface area (Å²) < 4.78 is 27.9. The first-order chi connectivity index (χ1) is 6.60. The second-order valence-electron chi connectivity index (χ2n) is 4.82. The van der Waals surface area contributed by atoms with Gasteiger partial charge in [-0.3, -0.25) is 4.79 Å². The first-order valence-corrected chi connectivity index (χ1v) is 6.72. The van der Waals surface area contributed by atoms with Gasteiger partial charge in [-0.15, -0.1) is 0 Å². The number of hydrogen-bond acceptors (Lipinski definition) is 4. The van der Waals surface area contributed by atoms with Crippen LogP contribution in [0, 0.1) is 11.3 Å². The molecule has 0 amide bonds. The number of ether oxygens (including phenoxy) is 1. The lowest BCUT2D eigenvalue weighted by molar-refractivity contribution is -0.149. The van der Waals surface area contributed by atoms with Crippen LogP contribution in [0.5, 0.6) is 0 Å². The zero-order valence-corrected chi connectivity index (χ0v) is 10.8. The van der Waals surface area contributed by atoms with Gasteiger partial charge in [-0.2, -0.15) is 0 Å². The maximum Gasteiger partial charge on any atom is 0.312 e. The molecule has 0 N–H and O–H groups in total. The van der Waals surface area contributed by atoms with Crippen molar-refractivity contribution in [1.29, 1.82) is 0 Å². The Balaban J connectivity index is 4.65. The van der Waals surface area contributed by atoms with Crippen molar-refractivity contribution >= 4 is 15.8 Å². The Labute approximate surface area is 91.9 Å². The summed E-state index contributed by atoms with van der Waals surface area (Å²) in [6.07, 6.45) is 0. The molecule has 0 heterocycles. The predicted molar refractivity (Wildman–Crippen MR) is 59.3 cm³/mol. The van der Waals surface area contributed by atoms with Crippen molar-refractivity contribution < 1.29 is 17.9 Å². The molecule has 0 aliphatic rings. The second-order valence-corrected chi connectivity index (χ2v) is 6.93. The fourth-order valence-electron chi connectivity index (χ4n) is 1.45. The van der Waals surface area contributed by atoms with Gasteiger partial charge in [-0.25, -0.2) is 8.42 Å². The van der Waals surface area contributed by atoms with E-state index in [1.165, 1.54) is 7.11 Å². The third kappa shape index (κ3) is 5.16. The number of methoxy groups -OCH3 is 1. The van der Waals surface area contributed by atoms with Gasteiger partial charge in [0.2, 0.25) is 0 Å². The van der Waals surface area contributed by atoms with Gasteiger partial charge < -0.3 is 4.74 Å². The van der Waals surface area contributed by atoms with Crippen LogP contribution in [0.15, 0.2) is 0 Å². The van der Waals surface area contributed by atoms with E-state index in [4.69, 9.17) is 0 Å². The highest BCUT2D eigenvalue weighted by Crippen LogP contribution is 2.21. The first-order valence-electron chi connectivity index (χ1n) is 4.89. The average molecular weight is 236 g/mol. The Hall–Kier alpha value is -0.580. The van der Waals surface area contributed by atoms with Crippen LogP contribution in [0.3, 0.4) is 0 Å². The molecule has 0 bridgehead atoms. The number of carbonyl (C=O) groups excluding carboxylic acids is 1. The highest BCUT2D eigenvalue weighted by molar-refractivity contribution is 7.91. The lowest BCUT2D eigenvalue weighted by Gasteiger charge is -2.21. The minimum atomic E-state index is -3.19. The van der Waals surface area contributed by atoms with Crippen molar-refractivity contribution in [3.63, 3.8) is 0 Å². The molecule has 0 unspecified atom stereocenters. The summed E-state index contributed by atoms with van der Waals surface area (Å²) in [4.78, 5) is 11.3. The number of carbonyl (C=O) groups is 1. The molecule has 0 saturated heterocycles. The Kier molecular flexibility index (Phi) is 4.77. The molecule has 0 aromatic rings. The first kappa shape index (κ1) is 14.4. The van der Waals surface area contributed by atoms with E-state index in [2.05, 4.69) is 4.74 Å². The van der Waals surface area contributed by atoms with Crippen molar-refractivity contribution in [2.75, 3.05) is 18.6 Å². The topological polar surface area (TPSA) is 60.4 Å². The van der Waals surface area contributed by atoms with Crippen molar-refractivity contribution in [1.82, 2.24) is 0 Å². The average Bonchev–Trinajstić information content (AvgIpc) is 1.97. The van der Waals surface area contributed by atoms with Crippen LogP contribution in [0.2, 0.25) is 0 Å². The van der Waals surface area contributed by atoms with Crippen LogP contribution in [0.25, 0.3) is 0 Å². The SMILES string of the molecule is COC(=O)C(C)(C)CS(=O)(=O)CC(C)C. The molecule has 0 aliphatic heterocycles. The Morgan fingerprint density at radius 3 is 2.13 bits per heavy atom. The van der Waals surface area contributed by atoms with Crippen molar-refractivity contribution in [3.05, 3.63) is 0 Å². The van der Waals surface area contributed by atoms with E-state index in [-0.39, 0.29) is 17.4 Å². The van der Waals surface area contributed by atoms with Crippen LogP contribution in [0.4, 0.5) is 0 Å². The van der Waals surface area contributed by atoms with E-state index in [0.717, 1.165) is 0 Å². The van der Waals surface area contributed by atoms with E-state index in [1.54, 1.807) is 13.8 Å². The van der Waals surface area contributed by atoms with Gasteiger partial charge >= 0.3 is 5.97 Å². The fraction of sp³-hybridized carbons (Fsp3) is 0.900. The summed E-state index contributed by atoms with van der Waals surface area (Å²) in [6, 6.07) is 0. The van der Waals surface area contributed by atoms with E-state index < -0.39 is 21.2 Å². The van der Waals surface area contributed by atoms with Crippen LogP contribution < -0.4 is 0 Å². The third-order valence-corrected chi connectivity index (χ3v) is 4.24. The van der Waals surface area contributed by atoms with E-state index in [1.807, 2.05) is 13.8 Å². The van der Waals surface area contributed by atoms with Gasteiger partial charge in [-0.05, 0) is 19.8 Å². The summed E-state index contributed by atoms with van der Waals surface area (Å²) in [6.45, 7) is 6.83. The van der Waals surface area contributed by atoms with Gasteiger partial charge in [0.1, 0.15) is 0 Å².